The van der Waals surface area contributed by atoms with Crippen LogP contribution in [0.5, 0.6) is 5.75 Å². The van der Waals surface area contributed by atoms with Gasteiger partial charge in [0.15, 0.2) is 0 Å². The highest BCUT2D eigenvalue weighted by molar-refractivity contribution is 6.01. The Hall–Kier alpha value is -3.58. The molecule has 146 valence electrons. The fraction of sp³-hybridized carbons (Fsp3) is 0.200. The second-order valence-corrected chi connectivity index (χ2v) is 6.95. The number of hydrogen-bond donors (Lipinski definition) is 1. The van der Waals surface area contributed by atoms with Crippen LogP contribution in [0.3, 0.4) is 0 Å². The molecule has 3 rings (SSSR count). The van der Waals surface area contributed by atoms with E-state index in [1.54, 1.807) is 6.08 Å². The van der Waals surface area contributed by atoms with Gasteiger partial charge in [0.1, 0.15) is 24.0 Å². The zero-order valence-electron chi connectivity index (χ0n) is 16.7. The molecule has 4 heteroatoms. The van der Waals surface area contributed by atoms with Gasteiger partial charge in [-0.1, -0.05) is 61.5 Å². The molecule has 0 aliphatic carbocycles. The molecular formula is C25H24N2O2. The summed E-state index contributed by atoms with van der Waals surface area (Å²) in [5.41, 5.74) is 1.99. The second-order valence-electron chi connectivity index (χ2n) is 6.95. The molecule has 3 aromatic carbocycles. The molecule has 0 aliphatic heterocycles. The topological polar surface area (TPSA) is 62.1 Å². The Bertz CT molecular complexity index is 1060. The fourth-order valence-corrected chi connectivity index (χ4v) is 2.96. The third-order valence-corrected chi connectivity index (χ3v) is 4.82. The molecule has 0 spiro atoms. The van der Waals surface area contributed by atoms with Crippen molar-refractivity contribution in [1.29, 1.82) is 5.26 Å². The summed E-state index contributed by atoms with van der Waals surface area (Å²) in [5, 5.41) is 14.5. The van der Waals surface area contributed by atoms with E-state index < -0.39 is 0 Å². The van der Waals surface area contributed by atoms with Crippen molar-refractivity contribution >= 4 is 22.8 Å². The fourth-order valence-electron chi connectivity index (χ4n) is 2.96. The predicted octanol–water partition coefficient (Wildman–Crippen LogP) is 5.24. The Labute approximate surface area is 171 Å². The van der Waals surface area contributed by atoms with Gasteiger partial charge >= 0.3 is 0 Å². The summed E-state index contributed by atoms with van der Waals surface area (Å²) in [6.07, 6.45) is 2.40. The van der Waals surface area contributed by atoms with Gasteiger partial charge in [-0.2, -0.15) is 5.26 Å². The van der Waals surface area contributed by atoms with Crippen molar-refractivity contribution < 1.29 is 9.53 Å². The van der Waals surface area contributed by atoms with Gasteiger partial charge < -0.3 is 10.1 Å². The molecule has 1 atom stereocenters. The van der Waals surface area contributed by atoms with E-state index in [0.29, 0.717) is 6.61 Å². The van der Waals surface area contributed by atoms with E-state index >= 15 is 0 Å². The van der Waals surface area contributed by atoms with E-state index in [4.69, 9.17) is 4.74 Å². The maximum atomic E-state index is 12.2. The van der Waals surface area contributed by atoms with Gasteiger partial charge in [-0.3, -0.25) is 4.79 Å². The molecule has 29 heavy (non-hydrogen) atoms. The Morgan fingerprint density at radius 3 is 2.55 bits per heavy atom. The van der Waals surface area contributed by atoms with Crippen LogP contribution in [0.15, 0.2) is 72.3 Å². The lowest BCUT2D eigenvalue weighted by molar-refractivity contribution is -0.117. The number of carbonyl (C=O) groups is 1. The Balaban J connectivity index is 1.68. The monoisotopic (exact) mass is 384 g/mol. The standard InChI is InChI=1S/C25H24N2O2/c1-3-18(2)27-25(28)22(16-26)15-19-11-13-23(14-12-19)29-17-21-9-6-8-20-7-4-5-10-24(20)21/h4-15,18H,3,17H2,1-2H3,(H,27,28)/b22-15+/t18-/m1/s1. The smallest absolute Gasteiger partial charge is 0.262 e. The first-order valence-electron chi connectivity index (χ1n) is 9.73. The van der Waals surface area contributed by atoms with Crippen molar-refractivity contribution in [3.05, 3.63) is 83.4 Å². The molecule has 0 heterocycles. The van der Waals surface area contributed by atoms with Crippen molar-refractivity contribution in [3.8, 4) is 11.8 Å². The largest absolute Gasteiger partial charge is 0.489 e. The van der Waals surface area contributed by atoms with E-state index in [0.717, 1.165) is 23.3 Å². The number of benzene rings is 3. The average molecular weight is 384 g/mol. The number of amides is 1. The summed E-state index contributed by atoms with van der Waals surface area (Å²) in [5.74, 6) is 0.385. The first-order valence-corrected chi connectivity index (χ1v) is 9.73. The van der Waals surface area contributed by atoms with Crippen LogP contribution in [0.2, 0.25) is 0 Å². The van der Waals surface area contributed by atoms with E-state index in [1.165, 1.54) is 10.8 Å². The molecule has 0 fully saturated rings. The number of nitriles is 1. The van der Waals surface area contributed by atoms with Crippen LogP contribution in [-0.2, 0) is 11.4 Å². The van der Waals surface area contributed by atoms with Crippen LogP contribution >= 0.6 is 0 Å². The lowest BCUT2D eigenvalue weighted by Gasteiger charge is -2.11. The van der Waals surface area contributed by atoms with Gasteiger partial charge in [0.05, 0.1) is 0 Å². The number of nitrogens with zero attached hydrogens (tertiary/aromatic N) is 1. The van der Waals surface area contributed by atoms with Crippen LogP contribution in [0, 0.1) is 11.3 Å². The Morgan fingerprint density at radius 1 is 1.10 bits per heavy atom. The van der Waals surface area contributed by atoms with Gasteiger partial charge in [0.2, 0.25) is 0 Å². The van der Waals surface area contributed by atoms with E-state index in [-0.39, 0.29) is 17.5 Å². The van der Waals surface area contributed by atoms with Crippen LogP contribution in [0.25, 0.3) is 16.8 Å². The molecule has 0 aliphatic rings. The minimum absolute atomic E-state index is 0.0316. The summed E-state index contributed by atoms with van der Waals surface area (Å²) in [4.78, 5) is 12.2. The summed E-state index contributed by atoms with van der Waals surface area (Å²) in [6.45, 7) is 4.37. The molecule has 0 aromatic heterocycles. The quantitative estimate of drug-likeness (QED) is 0.447. The van der Waals surface area contributed by atoms with Crippen molar-refractivity contribution in [2.75, 3.05) is 0 Å². The molecule has 4 nitrogen and oxygen atoms in total. The van der Waals surface area contributed by atoms with E-state index in [1.807, 2.05) is 62.4 Å². The Kier molecular flexibility index (Phi) is 6.65. The summed E-state index contributed by atoms with van der Waals surface area (Å²) < 4.78 is 5.94. The number of rotatable bonds is 7. The minimum atomic E-state index is -0.349. The zero-order chi connectivity index (χ0) is 20.6. The molecule has 0 unspecified atom stereocenters. The predicted molar refractivity (Wildman–Crippen MR) is 116 cm³/mol. The first kappa shape index (κ1) is 20.2. The SMILES string of the molecule is CC[C@@H](C)NC(=O)/C(C#N)=C/c1ccc(OCc2cccc3ccccc23)cc1. The van der Waals surface area contributed by atoms with Crippen molar-refractivity contribution in [2.24, 2.45) is 0 Å². The van der Waals surface area contributed by atoms with E-state index in [9.17, 15) is 10.1 Å². The van der Waals surface area contributed by atoms with Crippen molar-refractivity contribution in [2.45, 2.75) is 32.9 Å². The first-order chi connectivity index (χ1) is 14.1. The van der Waals surface area contributed by atoms with Crippen LogP contribution in [0.1, 0.15) is 31.4 Å². The highest BCUT2D eigenvalue weighted by Gasteiger charge is 2.11. The minimum Gasteiger partial charge on any atom is -0.489 e. The number of hydrogen-bond acceptors (Lipinski definition) is 3. The maximum absolute atomic E-state index is 12.2. The average Bonchev–Trinajstić information content (AvgIpc) is 2.76. The van der Waals surface area contributed by atoms with Crippen molar-refractivity contribution in [3.63, 3.8) is 0 Å². The molecule has 1 N–H and O–H groups in total. The number of fused-ring (bicyclic) bond motifs is 1. The van der Waals surface area contributed by atoms with Gasteiger partial charge in [-0.25, -0.2) is 0 Å². The van der Waals surface area contributed by atoms with Crippen molar-refractivity contribution in [1.82, 2.24) is 5.32 Å². The maximum Gasteiger partial charge on any atom is 0.262 e. The van der Waals surface area contributed by atoms with E-state index in [2.05, 4.69) is 29.6 Å². The summed E-state index contributed by atoms with van der Waals surface area (Å²) in [7, 11) is 0. The number of nitrogens with one attached hydrogen (secondary N) is 1. The van der Waals surface area contributed by atoms with Gasteiger partial charge in [0.25, 0.3) is 5.91 Å². The third kappa shape index (κ3) is 5.24. The molecule has 1 amide bonds. The summed E-state index contributed by atoms with van der Waals surface area (Å²) in [6, 6.07) is 23.8. The second kappa shape index (κ2) is 9.57. The van der Waals surface area contributed by atoms with Crippen LogP contribution < -0.4 is 10.1 Å². The molecule has 0 saturated heterocycles. The van der Waals surface area contributed by atoms with Crippen LogP contribution in [-0.4, -0.2) is 11.9 Å². The molecule has 0 saturated carbocycles. The highest BCUT2D eigenvalue weighted by Crippen LogP contribution is 2.21. The third-order valence-electron chi connectivity index (χ3n) is 4.82. The zero-order valence-corrected chi connectivity index (χ0v) is 16.7. The van der Waals surface area contributed by atoms with Gasteiger partial charge in [0, 0.05) is 6.04 Å². The summed E-state index contributed by atoms with van der Waals surface area (Å²) >= 11 is 0. The molecular weight excluding hydrogens is 360 g/mol. The molecule has 0 bridgehead atoms. The van der Waals surface area contributed by atoms with Gasteiger partial charge in [-0.15, -0.1) is 0 Å². The molecule has 3 aromatic rings. The number of carbonyl (C=O) groups excluding carboxylic acids is 1. The molecule has 0 radical (unpaired) electrons. The number of ether oxygens (including phenoxy) is 1. The van der Waals surface area contributed by atoms with Gasteiger partial charge in [-0.05, 0) is 53.5 Å². The van der Waals surface area contributed by atoms with Crippen LogP contribution in [0.4, 0.5) is 0 Å². The highest BCUT2D eigenvalue weighted by atomic mass is 16.5. The lowest BCUT2D eigenvalue weighted by atomic mass is 10.1. The lowest BCUT2D eigenvalue weighted by Crippen LogP contribution is -2.32. The normalized spacial score (nSPS) is 12.2. The Morgan fingerprint density at radius 2 is 1.83 bits per heavy atom.